The van der Waals surface area contributed by atoms with E-state index in [1.54, 1.807) is 22.8 Å². The Morgan fingerprint density at radius 1 is 1.29 bits per heavy atom. The van der Waals surface area contributed by atoms with Crippen LogP contribution in [0.1, 0.15) is 36.7 Å². The van der Waals surface area contributed by atoms with Crippen molar-refractivity contribution >= 4 is 40.1 Å². The van der Waals surface area contributed by atoms with Crippen LogP contribution >= 0.6 is 11.6 Å². The summed E-state index contributed by atoms with van der Waals surface area (Å²) in [4.78, 5) is 26.2. The molecule has 4 rings (SSSR count). The number of rotatable bonds is 7. The van der Waals surface area contributed by atoms with E-state index >= 15 is 0 Å². The van der Waals surface area contributed by atoms with Crippen LogP contribution in [0.2, 0.25) is 5.02 Å². The molecule has 0 aliphatic heterocycles. The Labute approximate surface area is 183 Å². The summed E-state index contributed by atoms with van der Waals surface area (Å²) in [5.41, 5.74) is 17.7. The van der Waals surface area contributed by atoms with Gasteiger partial charge in [0, 0.05) is 6.54 Å². The van der Waals surface area contributed by atoms with Gasteiger partial charge < -0.3 is 22.5 Å². The van der Waals surface area contributed by atoms with Crippen LogP contribution in [0.25, 0.3) is 10.9 Å². The number of hydrogen-bond acceptors (Lipinski definition) is 9. The van der Waals surface area contributed by atoms with Crippen LogP contribution in [0, 0.1) is 17.2 Å². The fraction of sp³-hybridized carbons (Fsp3) is 0.350. The monoisotopic (exact) mass is 439 g/mol. The van der Waals surface area contributed by atoms with Gasteiger partial charge in [-0.3, -0.25) is 9.36 Å². The number of fused-ring (bicyclic) bond motifs is 1. The zero-order valence-corrected chi connectivity index (χ0v) is 17.4. The Morgan fingerprint density at radius 3 is 2.74 bits per heavy atom. The Balaban J connectivity index is 1.89. The highest BCUT2D eigenvalue weighted by Crippen LogP contribution is 2.43. The van der Waals surface area contributed by atoms with E-state index in [-0.39, 0.29) is 40.7 Å². The predicted molar refractivity (Wildman–Crippen MR) is 119 cm³/mol. The van der Waals surface area contributed by atoms with E-state index in [0.29, 0.717) is 41.3 Å². The Kier molecular flexibility index (Phi) is 5.63. The van der Waals surface area contributed by atoms with Crippen molar-refractivity contribution in [1.29, 1.82) is 5.26 Å². The highest BCUT2D eigenvalue weighted by atomic mass is 35.5. The van der Waals surface area contributed by atoms with Crippen molar-refractivity contribution in [2.75, 3.05) is 23.3 Å². The molecule has 0 radical (unpaired) electrons. The zero-order valence-electron chi connectivity index (χ0n) is 16.7. The molecule has 1 saturated carbocycles. The number of anilines is 3. The van der Waals surface area contributed by atoms with Crippen molar-refractivity contribution in [2.24, 2.45) is 11.7 Å². The maximum Gasteiger partial charge on any atom is 0.262 e. The first-order valence-corrected chi connectivity index (χ1v) is 10.3. The number of nitriles is 1. The first-order valence-electron chi connectivity index (χ1n) is 9.93. The molecule has 10 nitrogen and oxygen atoms in total. The van der Waals surface area contributed by atoms with E-state index in [9.17, 15) is 10.1 Å². The van der Waals surface area contributed by atoms with Crippen molar-refractivity contribution < 1.29 is 0 Å². The average molecular weight is 440 g/mol. The Bertz CT molecular complexity index is 1250. The Morgan fingerprint density at radius 2 is 2.06 bits per heavy atom. The molecular weight excluding hydrogens is 418 g/mol. The number of aromatic nitrogens is 4. The third kappa shape index (κ3) is 3.97. The maximum atomic E-state index is 13.4. The van der Waals surface area contributed by atoms with Crippen LogP contribution in [0.3, 0.4) is 0 Å². The summed E-state index contributed by atoms with van der Waals surface area (Å²) in [6, 6.07) is 6.81. The van der Waals surface area contributed by atoms with Gasteiger partial charge >= 0.3 is 0 Å². The summed E-state index contributed by atoms with van der Waals surface area (Å²) in [7, 11) is 0. The molecule has 1 aliphatic carbocycles. The van der Waals surface area contributed by atoms with Crippen molar-refractivity contribution in [3.8, 4) is 6.07 Å². The van der Waals surface area contributed by atoms with Gasteiger partial charge in [-0.05, 0) is 43.9 Å². The lowest BCUT2D eigenvalue weighted by Gasteiger charge is -2.23. The van der Waals surface area contributed by atoms with E-state index in [0.717, 1.165) is 12.8 Å². The van der Waals surface area contributed by atoms with Gasteiger partial charge in [-0.25, -0.2) is 4.98 Å². The molecule has 0 amide bonds. The number of nitrogens with zero attached hydrogens (tertiary/aromatic N) is 5. The number of nitrogens with two attached hydrogens (primary N) is 3. The molecule has 3 aromatic rings. The fourth-order valence-corrected chi connectivity index (χ4v) is 3.87. The molecule has 7 N–H and O–H groups in total. The van der Waals surface area contributed by atoms with Crippen LogP contribution in [-0.2, 0) is 6.54 Å². The standard InChI is InChI=1S/C20H22ClN9O/c21-12-3-1-4-13-14(12)19(31)30(8-2-7-22)18(26-13)15(10-5-6-10)27-17-11(9-23)16(24)28-20(25)29-17/h1,3-4,10,15H,2,5-8,22H2,(H5,24,25,27,28,29). The van der Waals surface area contributed by atoms with Crippen LogP contribution in [0.4, 0.5) is 17.6 Å². The van der Waals surface area contributed by atoms with E-state index in [1.807, 2.05) is 6.07 Å². The molecule has 31 heavy (non-hydrogen) atoms. The molecule has 0 bridgehead atoms. The van der Waals surface area contributed by atoms with Crippen molar-refractivity contribution in [2.45, 2.75) is 31.8 Å². The lowest BCUT2D eigenvalue weighted by atomic mass is 10.1. The maximum absolute atomic E-state index is 13.4. The average Bonchev–Trinajstić information content (AvgIpc) is 3.56. The van der Waals surface area contributed by atoms with Gasteiger partial charge in [-0.1, -0.05) is 17.7 Å². The second-order valence-electron chi connectivity index (χ2n) is 7.46. The molecule has 0 spiro atoms. The topological polar surface area (TPSA) is 175 Å². The fourth-order valence-electron chi connectivity index (χ4n) is 3.62. The minimum atomic E-state index is -0.380. The van der Waals surface area contributed by atoms with E-state index in [4.69, 9.17) is 33.8 Å². The molecule has 1 aromatic carbocycles. The lowest BCUT2D eigenvalue weighted by molar-refractivity contribution is 0.530. The number of halogens is 1. The molecule has 1 fully saturated rings. The second-order valence-corrected chi connectivity index (χ2v) is 7.87. The highest BCUT2D eigenvalue weighted by molar-refractivity contribution is 6.35. The summed E-state index contributed by atoms with van der Waals surface area (Å²) >= 11 is 6.30. The Hall–Kier alpha value is -3.42. The van der Waals surface area contributed by atoms with Gasteiger partial charge in [0.1, 0.15) is 23.3 Å². The van der Waals surface area contributed by atoms with Gasteiger partial charge in [0.2, 0.25) is 5.95 Å². The van der Waals surface area contributed by atoms with Crippen molar-refractivity contribution in [3.05, 3.63) is 45.0 Å². The summed E-state index contributed by atoms with van der Waals surface area (Å²) in [5.74, 6) is 0.903. The number of hydrogen-bond donors (Lipinski definition) is 4. The third-order valence-corrected chi connectivity index (χ3v) is 5.59. The minimum absolute atomic E-state index is 0.00850. The van der Waals surface area contributed by atoms with Gasteiger partial charge in [0.15, 0.2) is 5.82 Å². The molecule has 0 saturated heterocycles. The van der Waals surface area contributed by atoms with E-state index in [1.165, 1.54) is 0 Å². The van der Waals surface area contributed by atoms with Crippen LogP contribution in [0.15, 0.2) is 23.0 Å². The molecule has 160 valence electrons. The quantitative estimate of drug-likeness (QED) is 0.427. The van der Waals surface area contributed by atoms with E-state index < -0.39 is 0 Å². The molecule has 2 heterocycles. The van der Waals surface area contributed by atoms with E-state index in [2.05, 4.69) is 15.3 Å². The first-order chi connectivity index (χ1) is 14.9. The molecule has 1 aliphatic rings. The van der Waals surface area contributed by atoms with Crippen LogP contribution in [-0.4, -0.2) is 26.1 Å². The van der Waals surface area contributed by atoms with Gasteiger partial charge in [-0.2, -0.15) is 15.2 Å². The zero-order chi connectivity index (χ0) is 22.1. The second kappa shape index (κ2) is 8.37. The third-order valence-electron chi connectivity index (χ3n) is 5.28. The minimum Gasteiger partial charge on any atom is -0.382 e. The summed E-state index contributed by atoms with van der Waals surface area (Å²) in [6.07, 6.45) is 2.48. The normalized spacial score (nSPS) is 14.4. The first kappa shape index (κ1) is 20.8. The molecule has 2 aromatic heterocycles. The summed E-state index contributed by atoms with van der Waals surface area (Å²) in [5, 5.41) is 13.5. The van der Waals surface area contributed by atoms with Gasteiger partial charge in [-0.15, -0.1) is 0 Å². The largest absolute Gasteiger partial charge is 0.382 e. The summed E-state index contributed by atoms with van der Waals surface area (Å²) in [6.45, 7) is 0.814. The number of nitrogen functional groups attached to an aromatic ring is 2. The van der Waals surface area contributed by atoms with Gasteiger partial charge in [0.25, 0.3) is 5.56 Å². The van der Waals surface area contributed by atoms with Gasteiger partial charge in [0.05, 0.1) is 22.0 Å². The smallest absolute Gasteiger partial charge is 0.262 e. The predicted octanol–water partition coefficient (Wildman–Crippen LogP) is 1.79. The SMILES string of the molecule is N#Cc1c(N)nc(N)nc1NC(c1nc2cccc(Cl)c2c(=O)n1CCCN)C1CC1. The molecule has 11 heteroatoms. The van der Waals surface area contributed by atoms with Crippen molar-refractivity contribution in [3.63, 3.8) is 0 Å². The number of nitrogens with one attached hydrogen (secondary N) is 1. The molecular formula is C20H22ClN9O. The molecule has 1 unspecified atom stereocenters. The highest BCUT2D eigenvalue weighted by Gasteiger charge is 2.36. The van der Waals surface area contributed by atoms with Crippen LogP contribution < -0.4 is 28.1 Å². The van der Waals surface area contributed by atoms with Crippen LogP contribution in [0.5, 0.6) is 0 Å². The lowest BCUT2D eigenvalue weighted by Crippen LogP contribution is -2.31. The number of benzene rings is 1. The summed E-state index contributed by atoms with van der Waals surface area (Å²) < 4.78 is 1.61. The van der Waals surface area contributed by atoms with Crippen molar-refractivity contribution in [1.82, 2.24) is 19.5 Å². The molecule has 1 atom stereocenters.